The average Bonchev–Trinajstić information content (AvgIpc) is 3.32. The summed E-state index contributed by atoms with van der Waals surface area (Å²) in [5.74, 6) is -0.157. The molecule has 2 aliphatic heterocycles. The molecule has 3 heterocycles. The lowest BCUT2D eigenvalue weighted by molar-refractivity contribution is -0.151. The van der Waals surface area contributed by atoms with Crippen LogP contribution in [0.2, 0.25) is 0 Å². The van der Waals surface area contributed by atoms with Gasteiger partial charge < -0.3 is 19.9 Å². The van der Waals surface area contributed by atoms with E-state index in [-0.39, 0.29) is 23.3 Å². The van der Waals surface area contributed by atoms with Crippen LogP contribution in [0.3, 0.4) is 0 Å². The summed E-state index contributed by atoms with van der Waals surface area (Å²) in [5.41, 5.74) is 2.46. The molecule has 2 fully saturated rings. The Kier molecular flexibility index (Phi) is 4.54. The first kappa shape index (κ1) is 18.7. The highest BCUT2D eigenvalue weighted by molar-refractivity contribution is 5.98. The van der Waals surface area contributed by atoms with Gasteiger partial charge in [0.2, 0.25) is 11.8 Å². The molecule has 0 bridgehead atoms. The van der Waals surface area contributed by atoms with Crippen molar-refractivity contribution in [1.82, 2.24) is 15.2 Å². The third-order valence-electron chi connectivity index (χ3n) is 6.14. The second kappa shape index (κ2) is 6.78. The minimum absolute atomic E-state index is 0.0680. The number of carbonyl (C=O) groups is 2. The van der Waals surface area contributed by atoms with Gasteiger partial charge in [-0.05, 0) is 18.9 Å². The fraction of sp³-hybridized carbons (Fsp3) is 0.455. The van der Waals surface area contributed by atoms with E-state index in [2.05, 4.69) is 30.7 Å². The lowest BCUT2D eigenvalue weighted by Crippen LogP contribution is -2.63. The summed E-state index contributed by atoms with van der Waals surface area (Å²) < 4.78 is 5.87. The maximum Gasteiger partial charge on any atom is 0.248 e. The SMILES string of the molecule is C=CC(C)(C)c1[nH]c2ccccc2c1[C@@H](OC)[C@H]1NC(=O)[C@H]2CCCN2C1=O. The molecule has 2 saturated heterocycles. The molecule has 3 atom stereocenters. The van der Waals surface area contributed by atoms with Crippen LogP contribution in [0.5, 0.6) is 0 Å². The third kappa shape index (κ3) is 2.75. The number of benzene rings is 1. The van der Waals surface area contributed by atoms with E-state index in [4.69, 9.17) is 4.74 Å². The molecule has 0 spiro atoms. The van der Waals surface area contributed by atoms with Crippen molar-refractivity contribution in [2.45, 2.75) is 50.3 Å². The summed E-state index contributed by atoms with van der Waals surface area (Å²) in [4.78, 5) is 31.1. The summed E-state index contributed by atoms with van der Waals surface area (Å²) in [6.45, 7) is 8.75. The highest BCUT2D eigenvalue weighted by atomic mass is 16.5. The van der Waals surface area contributed by atoms with Gasteiger partial charge in [0.1, 0.15) is 18.2 Å². The highest BCUT2D eigenvalue weighted by Crippen LogP contribution is 2.40. The Labute approximate surface area is 164 Å². The Morgan fingerprint density at radius 1 is 1.32 bits per heavy atom. The number of hydrogen-bond acceptors (Lipinski definition) is 3. The van der Waals surface area contributed by atoms with Crippen LogP contribution in [0, 0.1) is 0 Å². The lowest BCUT2D eigenvalue weighted by atomic mass is 9.83. The van der Waals surface area contributed by atoms with Gasteiger partial charge >= 0.3 is 0 Å². The molecule has 1 aromatic carbocycles. The van der Waals surface area contributed by atoms with Gasteiger partial charge in [0.15, 0.2) is 0 Å². The molecule has 0 unspecified atom stereocenters. The third-order valence-corrected chi connectivity index (χ3v) is 6.14. The van der Waals surface area contributed by atoms with E-state index < -0.39 is 12.1 Å². The quantitative estimate of drug-likeness (QED) is 0.782. The average molecular weight is 381 g/mol. The van der Waals surface area contributed by atoms with Gasteiger partial charge in [-0.3, -0.25) is 9.59 Å². The first-order valence-electron chi connectivity index (χ1n) is 9.77. The van der Waals surface area contributed by atoms with E-state index in [0.717, 1.165) is 35.0 Å². The van der Waals surface area contributed by atoms with E-state index in [9.17, 15) is 9.59 Å². The van der Waals surface area contributed by atoms with Gasteiger partial charge in [-0.1, -0.05) is 38.1 Å². The number of H-pyrrole nitrogens is 1. The van der Waals surface area contributed by atoms with E-state index >= 15 is 0 Å². The summed E-state index contributed by atoms with van der Waals surface area (Å²) >= 11 is 0. The van der Waals surface area contributed by atoms with Crippen LogP contribution in [-0.2, 0) is 19.7 Å². The second-order valence-electron chi connectivity index (χ2n) is 8.22. The minimum Gasteiger partial charge on any atom is -0.374 e. The number of allylic oxidation sites excluding steroid dienone is 1. The number of methoxy groups -OCH3 is 1. The number of piperazine rings is 1. The number of amides is 2. The Balaban J connectivity index is 1.85. The molecule has 6 nitrogen and oxygen atoms in total. The molecule has 28 heavy (non-hydrogen) atoms. The predicted octanol–water partition coefficient (Wildman–Crippen LogP) is 2.81. The van der Waals surface area contributed by atoms with E-state index in [1.54, 1.807) is 12.0 Å². The number of hydrogen-bond donors (Lipinski definition) is 2. The molecule has 148 valence electrons. The monoisotopic (exact) mass is 381 g/mol. The standard InChI is InChI=1S/C22H27N3O3/c1-5-22(2,3)19-16(13-9-6-7-10-14(13)23-19)18(28-4)17-21(27)25-12-8-11-15(25)20(26)24-17/h5-7,9-10,15,17-18,23H,1,8,11-12H2,2-4H3,(H,24,26)/t15-,17-,18-/m1/s1. The minimum atomic E-state index is -0.745. The van der Waals surface area contributed by atoms with Crippen molar-refractivity contribution in [3.8, 4) is 0 Å². The molecule has 2 aromatic rings. The number of ether oxygens (including phenoxy) is 1. The molecule has 2 aliphatic rings. The Morgan fingerprint density at radius 3 is 2.79 bits per heavy atom. The van der Waals surface area contributed by atoms with Crippen molar-refractivity contribution in [3.05, 3.63) is 48.2 Å². The van der Waals surface area contributed by atoms with Gasteiger partial charge in [0.05, 0.1) is 0 Å². The van der Waals surface area contributed by atoms with Crippen molar-refractivity contribution in [2.75, 3.05) is 13.7 Å². The van der Waals surface area contributed by atoms with Gasteiger partial charge in [-0.2, -0.15) is 0 Å². The number of aromatic amines is 1. The van der Waals surface area contributed by atoms with Crippen LogP contribution in [0.15, 0.2) is 36.9 Å². The summed E-state index contributed by atoms with van der Waals surface area (Å²) in [5, 5.41) is 3.93. The van der Waals surface area contributed by atoms with Crippen LogP contribution in [-0.4, -0.2) is 47.4 Å². The van der Waals surface area contributed by atoms with Gasteiger partial charge in [0.25, 0.3) is 0 Å². The number of carbonyl (C=O) groups excluding carboxylic acids is 2. The van der Waals surface area contributed by atoms with Crippen LogP contribution < -0.4 is 5.32 Å². The first-order valence-corrected chi connectivity index (χ1v) is 9.77. The largest absolute Gasteiger partial charge is 0.374 e. The molecule has 6 heteroatoms. The van der Waals surface area contributed by atoms with Crippen molar-refractivity contribution in [1.29, 1.82) is 0 Å². The molecule has 0 radical (unpaired) electrons. The maximum absolute atomic E-state index is 13.2. The topological polar surface area (TPSA) is 74.4 Å². The summed E-state index contributed by atoms with van der Waals surface area (Å²) in [7, 11) is 1.59. The Bertz CT molecular complexity index is 946. The van der Waals surface area contributed by atoms with Crippen molar-refractivity contribution in [2.24, 2.45) is 0 Å². The first-order chi connectivity index (χ1) is 13.4. The van der Waals surface area contributed by atoms with Crippen LogP contribution >= 0.6 is 0 Å². The smallest absolute Gasteiger partial charge is 0.248 e. The zero-order chi connectivity index (χ0) is 20.1. The van der Waals surface area contributed by atoms with Gasteiger partial charge in [-0.15, -0.1) is 6.58 Å². The number of aromatic nitrogens is 1. The fourth-order valence-corrected chi connectivity index (χ4v) is 4.49. The second-order valence-corrected chi connectivity index (χ2v) is 8.22. The predicted molar refractivity (Wildman–Crippen MR) is 108 cm³/mol. The van der Waals surface area contributed by atoms with Crippen LogP contribution in [0.1, 0.15) is 44.1 Å². The number of rotatable bonds is 5. The Hall–Kier alpha value is -2.60. The van der Waals surface area contributed by atoms with Crippen LogP contribution in [0.4, 0.5) is 0 Å². The zero-order valence-corrected chi connectivity index (χ0v) is 16.6. The highest BCUT2D eigenvalue weighted by Gasteiger charge is 2.47. The summed E-state index contributed by atoms with van der Waals surface area (Å²) in [6, 6.07) is 6.88. The number of fused-ring (bicyclic) bond motifs is 2. The van der Waals surface area contributed by atoms with Crippen LogP contribution in [0.25, 0.3) is 10.9 Å². The van der Waals surface area contributed by atoms with Gasteiger partial charge in [-0.25, -0.2) is 0 Å². The molecule has 1 aromatic heterocycles. The molecular weight excluding hydrogens is 354 g/mol. The summed E-state index contributed by atoms with van der Waals surface area (Å²) in [6.07, 6.45) is 2.87. The number of para-hydroxylation sites is 1. The van der Waals surface area contributed by atoms with Gasteiger partial charge in [0, 0.05) is 41.2 Å². The Morgan fingerprint density at radius 2 is 2.07 bits per heavy atom. The van der Waals surface area contributed by atoms with E-state index in [0.29, 0.717) is 6.54 Å². The van der Waals surface area contributed by atoms with E-state index in [1.165, 1.54) is 0 Å². The maximum atomic E-state index is 13.2. The molecule has 0 saturated carbocycles. The molecular formula is C22H27N3O3. The van der Waals surface area contributed by atoms with Crippen molar-refractivity contribution in [3.63, 3.8) is 0 Å². The molecule has 4 rings (SSSR count). The lowest BCUT2D eigenvalue weighted by Gasteiger charge is -2.38. The number of nitrogens with zero attached hydrogens (tertiary/aromatic N) is 1. The number of nitrogens with one attached hydrogen (secondary N) is 2. The van der Waals surface area contributed by atoms with Crippen molar-refractivity contribution < 1.29 is 14.3 Å². The van der Waals surface area contributed by atoms with E-state index in [1.807, 2.05) is 30.3 Å². The fourth-order valence-electron chi connectivity index (χ4n) is 4.49. The molecule has 2 N–H and O–H groups in total. The zero-order valence-electron chi connectivity index (χ0n) is 16.6. The molecule has 2 amide bonds. The normalized spacial score (nSPS) is 23.6. The molecule has 0 aliphatic carbocycles. The van der Waals surface area contributed by atoms with Crippen molar-refractivity contribution >= 4 is 22.7 Å².